The number of carbonyl (C=O) groups excluding carboxylic acids is 2. The van der Waals surface area contributed by atoms with Crippen molar-refractivity contribution in [1.82, 2.24) is 5.32 Å². The fraction of sp³-hybridized carbons (Fsp3) is 0.500. The predicted octanol–water partition coefficient (Wildman–Crippen LogP) is 2.13. The molecule has 1 aromatic carbocycles. The van der Waals surface area contributed by atoms with Gasteiger partial charge in [0.1, 0.15) is 0 Å². The summed E-state index contributed by atoms with van der Waals surface area (Å²) >= 11 is 0. The van der Waals surface area contributed by atoms with Crippen LogP contribution in [0, 0.1) is 10.1 Å². The summed E-state index contributed by atoms with van der Waals surface area (Å²) in [7, 11) is 0. The summed E-state index contributed by atoms with van der Waals surface area (Å²) < 4.78 is 5.14. The molecule has 1 aliphatic rings. The van der Waals surface area contributed by atoms with Gasteiger partial charge in [0.25, 0.3) is 5.69 Å². The first-order chi connectivity index (χ1) is 10.9. The topological polar surface area (TPSA) is 98.5 Å². The van der Waals surface area contributed by atoms with Crippen LogP contribution in [0.3, 0.4) is 0 Å². The Morgan fingerprint density at radius 1 is 1.43 bits per heavy atom. The molecular formula is C16H20N2O5. The van der Waals surface area contributed by atoms with E-state index in [2.05, 4.69) is 5.32 Å². The predicted molar refractivity (Wildman–Crippen MR) is 82.8 cm³/mol. The quantitative estimate of drug-likeness (QED) is 0.471. The van der Waals surface area contributed by atoms with Crippen LogP contribution in [-0.4, -0.2) is 28.9 Å². The molecule has 0 radical (unpaired) electrons. The highest BCUT2D eigenvalue weighted by molar-refractivity contribution is 5.79. The van der Waals surface area contributed by atoms with Gasteiger partial charge in [-0.15, -0.1) is 0 Å². The highest BCUT2D eigenvalue weighted by Gasteiger charge is 2.33. The van der Waals surface area contributed by atoms with Crippen molar-refractivity contribution in [2.75, 3.05) is 6.61 Å². The molecule has 1 heterocycles. The van der Waals surface area contributed by atoms with E-state index in [9.17, 15) is 19.7 Å². The van der Waals surface area contributed by atoms with Gasteiger partial charge in [0.2, 0.25) is 5.91 Å². The molecule has 0 bridgehead atoms. The number of carbonyl (C=O) groups is 2. The van der Waals surface area contributed by atoms with Gasteiger partial charge in [0.05, 0.1) is 11.5 Å². The standard InChI is InChI=1S/C16H20N2O5/c1-16(9-6-14(19)17-16)10-7-15(20)23-11-8-12-4-2-3-5-13(12)18(21)22/h2-5H,6-11H2,1H3,(H,17,19)/t16-/m0/s1. The number of hydrogen-bond acceptors (Lipinski definition) is 5. The first-order valence-corrected chi connectivity index (χ1v) is 7.58. The highest BCUT2D eigenvalue weighted by atomic mass is 16.6. The summed E-state index contributed by atoms with van der Waals surface area (Å²) in [6.45, 7) is 2.02. The molecule has 1 saturated heterocycles. The third kappa shape index (κ3) is 4.77. The van der Waals surface area contributed by atoms with Crippen LogP contribution >= 0.6 is 0 Å². The van der Waals surface area contributed by atoms with E-state index in [1.807, 2.05) is 6.92 Å². The van der Waals surface area contributed by atoms with Crippen molar-refractivity contribution in [2.24, 2.45) is 0 Å². The van der Waals surface area contributed by atoms with E-state index in [-0.39, 0.29) is 36.1 Å². The van der Waals surface area contributed by atoms with E-state index < -0.39 is 4.92 Å². The minimum Gasteiger partial charge on any atom is -0.465 e. The fourth-order valence-corrected chi connectivity index (χ4v) is 2.66. The van der Waals surface area contributed by atoms with Crippen molar-refractivity contribution < 1.29 is 19.2 Å². The van der Waals surface area contributed by atoms with Gasteiger partial charge in [0, 0.05) is 36.4 Å². The lowest BCUT2D eigenvalue weighted by atomic mass is 9.94. The molecule has 0 aliphatic carbocycles. The number of ether oxygens (including phenoxy) is 1. The molecule has 0 spiro atoms. The smallest absolute Gasteiger partial charge is 0.305 e. The Kier molecular flexibility index (Phi) is 5.31. The van der Waals surface area contributed by atoms with Gasteiger partial charge in [-0.25, -0.2) is 0 Å². The van der Waals surface area contributed by atoms with Crippen LogP contribution in [0.1, 0.15) is 38.2 Å². The average Bonchev–Trinajstić information content (AvgIpc) is 2.85. The van der Waals surface area contributed by atoms with E-state index in [4.69, 9.17) is 4.74 Å². The van der Waals surface area contributed by atoms with Crippen molar-refractivity contribution in [1.29, 1.82) is 0 Å². The number of nitro benzene ring substituents is 1. The molecule has 1 atom stereocenters. The molecule has 7 heteroatoms. The lowest BCUT2D eigenvalue weighted by Crippen LogP contribution is -2.38. The molecule has 1 fully saturated rings. The van der Waals surface area contributed by atoms with E-state index in [1.165, 1.54) is 6.07 Å². The Bertz CT molecular complexity index is 616. The third-order valence-corrected chi connectivity index (χ3v) is 4.05. The number of hydrogen-bond donors (Lipinski definition) is 1. The molecule has 1 aliphatic heterocycles. The number of benzene rings is 1. The third-order valence-electron chi connectivity index (χ3n) is 4.05. The summed E-state index contributed by atoms with van der Waals surface area (Å²) in [5.74, 6) is -0.344. The van der Waals surface area contributed by atoms with Crippen LogP contribution in [0.2, 0.25) is 0 Å². The molecule has 0 aromatic heterocycles. The Labute approximate surface area is 134 Å². The maximum atomic E-state index is 11.8. The number of nitrogens with one attached hydrogen (secondary N) is 1. The lowest BCUT2D eigenvalue weighted by molar-refractivity contribution is -0.385. The zero-order chi connectivity index (χ0) is 16.9. The minimum absolute atomic E-state index is 0.0113. The van der Waals surface area contributed by atoms with Crippen LogP contribution in [0.5, 0.6) is 0 Å². The van der Waals surface area contributed by atoms with Crippen molar-refractivity contribution in [2.45, 2.75) is 44.6 Å². The number of amides is 1. The molecule has 1 amide bonds. The second kappa shape index (κ2) is 7.21. The maximum absolute atomic E-state index is 11.8. The number of esters is 1. The monoisotopic (exact) mass is 320 g/mol. The lowest BCUT2D eigenvalue weighted by Gasteiger charge is -2.23. The average molecular weight is 320 g/mol. The largest absolute Gasteiger partial charge is 0.465 e. The van der Waals surface area contributed by atoms with Gasteiger partial charge in [-0.05, 0) is 19.8 Å². The molecule has 0 saturated carbocycles. The Balaban J connectivity index is 1.75. The van der Waals surface area contributed by atoms with Crippen molar-refractivity contribution in [3.8, 4) is 0 Å². The molecule has 23 heavy (non-hydrogen) atoms. The molecule has 7 nitrogen and oxygen atoms in total. The zero-order valence-corrected chi connectivity index (χ0v) is 13.0. The zero-order valence-electron chi connectivity index (χ0n) is 13.0. The first kappa shape index (κ1) is 16.9. The number of rotatable bonds is 7. The van der Waals surface area contributed by atoms with E-state index in [1.54, 1.807) is 18.2 Å². The van der Waals surface area contributed by atoms with Crippen LogP contribution in [-0.2, 0) is 20.7 Å². The van der Waals surface area contributed by atoms with E-state index in [0.717, 1.165) is 6.42 Å². The van der Waals surface area contributed by atoms with Crippen LogP contribution < -0.4 is 5.32 Å². The Morgan fingerprint density at radius 3 is 2.83 bits per heavy atom. The summed E-state index contributed by atoms with van der Waals surface area (Å²) in [5, 5.41) is 13.8. The second-order valence-corrected chi connectivity index (χ2v) is 5.97. The van der Waals surface area contributed by atoms with Gasteiger partial charge in [-0.3, -0.25) is 19.7 Å². The Morgan fingerprint density at radius 2 is 2.17 bits per heavy atom. The molecule has 1 N–H and O–H groups in total. The van der Waals surface area contributed by atoms with Crippen LogP contribution in [0.4, 0.5) is 5.69 Å². The van der Waals surface area contributed by atoms with Crippen LogP contribution in [0.15, 0.2) is 24.3 Å². The van der Waals surface area contributed by atoms with Crippen molar-refractivity contribution in [3.63, 3.8) is 0 Å². The molecule has 2 rings (SSSR count). The number of para-hydroxylation sites is 1. The van der Waals surface area contributed by atoms with Gasteiger partial charge in [0.15, 0.2) is 0 Å². The van der Waals surface area contributed by atoms with Gasteiger partial charge in [-0.1, -0.05) is 18.2 Å². The van der Waals surface area contributed by atoms with Gasteiger partial charge >= 0.3 is 5.97 Å². The minimum atomic E-state index is -0.444. The highest BCUT2D eigenvalue weighted by Crippen LogP contribution is 2.24. The Hall–Kier alpha value is -2.44. The molecular weight excluding hydrogens is 300 g/mol. The van der Waals surface area contributed by atoms with E-state index >= 15 is 0 Å². The summed E-state index contributed by atoms with van der Waals surface area (Å²) in [5.41, 5.74) is 0.235. The van der Waals surface area contributed by atoms with Gasteiger partial charge < -0.3 is 10.1 Å². The molecule has 1 aromatic rings. The maximum Gasteiger partial charge on any atom is 0.305 e. The first-order valence-electron chi connectivity index (χ1n) is 7.58. The van der Waals surface area contributed by atoms with Crippen molar-refractivity contribution in [3.05, 3.63) is 39.9 Å². The summed E-state index contributed by atoms with van der Waals surface area (Å²) in [4.78, 5) is 33.5. The summed E-state index contributed by atoms with van der Waals surface area (Å²) in [6, 6.07) is 6.40. The normalized spacial score (nSPS) is 20.1. The summed E-state index contributed by atoms with van der Waals surface area (Å²) in [6.07, 6.45) is 2.26. The van der Waals surface area contributed by atoms with Gasteiger partial charge in [-0.2, -0.15) is 0 Å². The number of nitrogens with zero attached hydrogens (tertiary/aromatic N) is 1. The fourth-order valence-electron chi connectivity index (χ4n) is 2.66. The van der Waals surface area contributed by atoms with Crippen molar-refractivity contribution >= 4 is 17.6 Å². The van der Waals surface area contributed by atoms with E-state index in [0.29, 0.717) is 24.8 Å². The molecule has 124 valence electrons. The number of nitro groups is 1. The SMILES string of the molecule is C[C@@]1(CCC(=O)OCCc2ccccc2[N+](=O)[O-])CCC(=O)N1. The molecule has 0 unspecified atom stereocenters. The second-order valence-electron chi connectivity index (χ2n) is 5.97. The van der Waals surface area contributed by atoms with Crippen LogP contribution in [0.25, 0.3) is 0 Å².